The minimum atomic E-state index is -0.732. The Kier molecular flexibility index (Phi) is 4.94. The van der Waals surface area contributed by atoms with Crippen LogP contribution >= 0.6 is 0 Å². The Labute approximate surface area is 164 Å². The molecular formula is C23H25FN2O2. The smallest absolute Gasteiger partial charge is 0.252 e. The first-order valence-electron chi connectivity index (χ1n) is 9.76. The second kappa shape index (κ2) is 7.40. The minimum absolute atomic E-state index is 0.0647. The largest absolute Gasteiger partial charge is 0.365 e. The lowest BCUT2D eigenvalue weighted by atomic mass is 9.95. The van der Waals surface area contributed by atoms with Crippen LogP contribution in [0.25, 0.3) is 22.2 Å². The molecule has 4 nitrogen and oxygen atoms in total. The third kappa shape index (κ3) is 3.42. The van der Waals surface area contributed by atoms with Gasteiger partial charge in [-0.05, 0) is 68.5 Å². The number of halogens is 1. The number of aromatic amines is 1. The van der Waals surface area contributed by atoms with Gasteiger partial charge in [-0.25, -0.2) is 4.39 Å². The molecule has 4 rings (SSSR count). The highest BCUT2D eigenvalue weighted by molar-refractivity contribution is 5.91. The molecular weight excluding hydrogens is 355 g/mol. The zero-order chi connectivity index (χ0) is 19.7. The monoisotopic (exact) mass is 380 g/mol. The van der Waals surface area contributed by atoms with E-state index in [1.165, 1.54) is 6.07 Å². The van der Waals surface area contributed by atoms with Gasteiger partial charge in [0.1, 0.15) is 11.4 Å². The molecule has 1 aliphatic heterocycles. The molecule has 0 aliphatic carbocycles. The molecule has 0 radical (unpaired) electrons. The molecule has 2 heterocycles. The van der Waals surface area contributed by atoms with Gasteiger partial charge >= 0.3 is 0 Å². The second-order valence-corrected chi connectivity index (χ2v) is 7.70. The maximum absolute atomic E-state index is 14.2. The van der Waals surface area contributed by atoms with Crippen LogP contribution < -0.4 is 5.32 Å². The van der Waals surface area contributed by atoms with Gasteiger partial charge in [-0.3, -0.25) is 4.79 Å². The lowest BCUT2D eigenvalue weighted by molar-refractivity contribution is -0.150. The van der Waals surface area contributed by atoms with Crippen molar-refractivity contribution in [3.05, 3.63) is 59.4 Å². The number of aryl methyl sites for hydroxylation is 1. The number of amides is 1. The Morgan fingerprint density at radius 1 is 1.25 bits per heavy atom. The van der Waals surface area contributed by atoms with E-state index in [4.69, 9.17) is 4.74 Å². The van der Waals surface area contributed by atoms with Crippen molar-refractivity contribution in [2.45, 2.75) is 45.3 Å². The number of carbonyl (C=O) groups is 1. The molecule has 1 aromatic heterocycles. The highest BCUT2D eigenvalue weighted by atomic mass is 19.1. The van der Waals surface area contributed by atoms with Gasteiger partial charge in [0, 0.05) is 29.6 Å². The number of nitrogens with one attached hydrogen (secondary N) is 2. The summed E-state index contributed by atoms with van der Waals surface area (Å²) in [5.74, 6) is -0.310. The van der Waals surface area contributed by atoms with E-state index in [1.807, 2.05) is 32.0 Å². The molecule has 0 unspecified atom stereocenters. The highest BCUT2D eigenvalue weighted by Crippen LogP contribution is 2.31. The van der Waals surface area contributed by atoms with Gasteiger partial charge in [-0.2, -0.15) is 0 Å². The molecule has 1 amide bonds. The van der Waals surface area contributed by atoms with Crippen LogP contribution in [-0.4, -0.2) is 23.1 Å². The lowest BCUT2D eigenvalue weighted by Gasteiger charge is -2.32. The summed E-state index contributed by atoms with van der Waals surface area (Å²) in [4.78, 5) is 15.9. The Morgan fingerprint density at radius 2 is 2.07 bits per heavy atom. The molecule has 0 saturated carbocycles. The minimum Gasteiger partial charge on any atom is -0.365 e. The van der Waals surface area contributed by atoms with E-state index in [9.17, 15) is 9.18 Å². The number of fused-ring (bicyclic) bond motifs is 1. The maximum Gasteiger partial charge on any atom is 0.252 e. The molecule has 0 bridgehead atoms. The number of aromatic nitrogens is 1. The van der Waals surface area contributed by atoms with E-state index in [-0.39, 0.29) is 11.7 Å². The third-order valence-electron chi connectivity index (χ3n) is 5.67. The van der Waals surface area contributed by atoms with Crippen LogP contribution in [-0.2, 0) is 16.1 Å². The van der Waals surface area contributed by atoms with Gasteiger partial charge in [-0.1, -0.05) is 18.2 Å². The number of H-pyrrole nitrogens is 1. The van der Waals surface area contributed by atoms with E-state index in [2.05, 4.69) is 16.4 Å². The van der Waals surface area contributed by atoms with Gasteiger partial charge in [-0.15, -0.1) is 0 Å². The Hall–Kier alpha value is -2.66. The van der Waals surface area contributed by atoms with Crippen molar-refractivity contribution in [2.24, 2.45) is 0 Å². The van der Waals surface area contributed by atoms with Crippen molar-refractivity contribution >= 4 is 16.8 Å². The SMILES string of the molecule is Cc1c(-c2ccccc2F)[nH]c2ccc(CNC(=O)[C@]3(C)CCCCO3)cc12. The van der Waals surface area contributed by atoms with E-state index in [1.54, 1.807) is 12.1 Å². The Morgan fingerprint density at radius 3 is 2.82 bits per heavy atom. The first-order chi connectivity index (χ1) is 13.5. The van der Waals surface area contributed by atoms with Crippen molar-refractivity contribution < 1.29 is 13.9 Å². The first kappa shape index (κ1) is 18.7. The number of benzene rings is 2. The van der Waals surface area contributed by atoms with E-state index in [0.717, 1.165) is 47.0 Å². The van der Waals surface area contributed by atoms with Crippen LogP contribution in [0.15, 0.2) is 42.5 Å². The summed E-state index contributed by atoms with van der Waals surface area (Å²) in [5, 5.41) is 4.04. The summed E-state index contributed by atoms with van der Waals surface area (Å²) >= 11 is 0. The molecule has 2 aromatic carbocycles. The van der Waals surface area contributed by atoms with Gasteiger partial charge in [0.05, 0.1) is 5.69 Å². The van der Waals surface area contributed by atoms with E-state index >= 15 is 0 Å². The molecule has 5 heteroatoms. The maximum atomic E-state index is 14.2. The van der Waals surface area contributed by atoms with Crippen LogP contribution in [0.3, 0.4) is 0 Å². The average molecular weight is 380 g/mol. The Balaban J connectivity index is 1.56. The summed E-state index contributed by atoms with van der Waals surface area (Å²) < 4.78 is 19.9. The van der Waals surface area contributed by atoms with Crippen LogP contribution in [0.4, 0.5) is 4.39 Å². The van der Waals surface area contributed by atoms with Gasteiger partial charge < -0.3 is 15.0 Å². The molecule has 1 fully saturated rings. The fourth-order valence-corrected chi connectivity index (χ4v) is 3.90. The fraction of sp³-hybridized carbons (Fsp3) is 0.348. The summed E-state index contributed by atoms with van der Waals surface area (Å²) in [6.07, 6.45) is 2.77. The number of hydrogen-bond acceptors (Lipinski definition) is 2. The van der Waals surface area contributed by atoms with Crippen LogP contribution in [0.2, 0.25) is 0 Å². The van der Waals surface area contributed by atoms with Gasteiger partial charge in [0.2, 0.25) is 0 Å². The van der Waals surface area contributed by atoms with Crippen molar-refractivity contribution in [1.82, 2.24) is 10.3 Å². The second-order valence-electron chi connectivity index (χ2n) is 7.70. The fourth-order valence-electron chi connectivity index (χ4n) is 3.90. The van der Waals surface area contributed by atoms with Crippen LogP contribution in [0, 0.1) is 12.7 Å². The summed E-state index contributed by atoms with van der Waals surface area (Å²) in [5.41, 5.74) is 3.57. The Bertz CT molecular complexity index is 1020. The molecule has 1 atom stereocenters. The topological polar surface area (TPSA) is 54.1 Å². The highest BCUT2D eigenvalue weighted by Gasteiger charge is 2.35. The average Bonchev–Trinajstić information content (AvgIpc) is 3.03. The van der Waals surface area contributed by atoms with Crippen LogP contribution in [0.1, 0.15) is 37.3 Å². The van der Waals surface area contributed by atoms with Crippen molar-refractivity contribution in [3.63, 3.8) is 0 Å². The molecule has 0 spiro atoms. The predicted molar refractivity (Wildman–Crippen MR) is 108 cm³/mol. The zero-order valence-electron chi connectivity index (χ0n) is 16.3. The molecule has 1 aliphatic rings. The normalized spacial score (nSPS) is 19.7. The first-order valence-corrected chi connectivity index (χ1v) is 9.76. The third-order valence-corrected chi connectivity index (χ3v) is 5.67. The molecule has 28 heavy (non-hydrogen) atoms. The molecule has 2 N–H and O–H groups in total. The summed E-state index contributed by atoms with van der Waals surface area (Å²) in [6, 6.07) is 12.8. The summed E-state index contributed by atoms with van der Waals surface area (Å²) in [7, 11) is 0. The molecule has 1 saturated heterocycles. The van der Waals surface area contributed by atoms with Crippen molar-refractivity contribution in [2.75, 3.05) is 6.61 Å². The molecule has 146 valence electrons. The van der Waals surface area contributed by atoms with Crippen LogP contribution in [0.5, 0.6) is 0 Å². The van der Waals surface area contributed by atoms with Crippen molar-refractivity contribution in [1.29, 1.82) is 0 Å². The number of carbonyl (C=O) groups excluding carboxylic acids is 1. The number of hydrogen-bond donors (Lipinski definition) is 2. The quantitative estimate of drug-likeness (QED) is 0.679. The van der Waals surface area contributed by atoms with E-state index < -0.39 is 5.60 Å². The number of ether oxygens (including phenoxy) is 1. The van der Waals surface area contributed by atoms with Gasteiger partial charge in [0.25, 0.3) is 5.91 Å². The van der Waals surface area contributed by atoms with Gasteiger partial charge in [0.15, 0.2) is 0 Å². The van der Waals surface area contributed by atoms with Crippen molar-refractivity contribution in [3.8, 4) is 11.3 Å². The molecule has 3 aromatic rings. The number of rotatable bonds is 4. The standard InChI is InChI=1S/C23H25FN2O2/c1-15-18-13-16(14-25-22(27)23(2)11-5-6-12-28-23)9-10-20(18)26-21(15)17-7-3-4-8-19(17)24/h3-4,7-10,13,26H,5-6,11-12,14H2,1-2H3,(H,25,27)/t23-/m0/s1. The summed E-state index contributed by atoms with van der Waals surface area (Å²) in [6.45, 7) is 4.92. The van der Waals surface area contributed by atoms with E-state index in [0.29, 0.717) is 18.7 Å². The predicted octanol–water partition coefficient (Wildman–Crippen LogP) is 4.86. The lowest BCUT2D eigenvalue weighted by Crippen LogP contribution is -2.48. The zero-order valence-corrected chi connectivity index (χ0v) is 16.3.